The number of carbonyl (C=O) groups excluding carboxylic acids is 1. The molecular formula is C17H22N4O2. The Morgan fingerprint density at radius 2 is 2.26 bits per heavy atom. The predicted octanol–water partition coefficient (Wildman–Crippen LogP) is 1.98. The van der Waals surface area contributed by atoms with Gasteiger partial charge in [0, 0.05) is 45.2 Å². The molecule has 3 rings (SSSR count). The monoisotopic (exact) mass is 314 g/mol. The highest BCUT2D eigenvalue weighted by Crippen LogP contribution is 2.20. The normalized spacial score (nSPS) is 18.2. The summed E-state index contributed by atoms with van der Waals surface area (Å²) >= 11 is 0. The first kappa shape index (κ1) is 15.7. The number of carbonyl (C=O) groups is 1. The van der Waals surface area contributed by atoms with Crippen molar-refractivity contribution in [3.8, 4) is 11.3 Å². The molecule has 2 aromatic rings. The Kier molecular flexibility index (Phi) is 4.71. The van der Waals surface area contributed by atoms with Gasteiger partial charge in [-0.15, -0.1) is 0 Å². The molecule has 23 heavy (non-hydrogen) atoms. The second-order valence-corrected chi connectivity index (χ2v) is 6.05. The van der Waals surface area contributed by atoms with Crippen LogP contribution in [-0.4, -0.2) is 52.4 Å². The van der Waals surface area contributed by atoms with E-state index < -0.39 is 0 Å². The highest BCUT2D eigenvalue weighted by molar-refractivity contribution is 5.94. The van der Waals surface area contributed by atoms with E-state index in [9.17, 15) is 4.79 Å². The van der Waals surface area contributed by atoms with E-state index in [-0.39, 0.29) is 5.91 Å². The third kappa shape index (κ3) is 3.59. The smallest absolute Gasteiger partial charge is 0.255 e. The number of nitrogens with zero attached hydrogens (tertiary/aromatic N) is 4. The fourth-order valence-corrected chi connectivity index (χ4v) is 3.05. The minimum Gasteiger partial charge on any atom is -0.384 e. The van der Waals surface area contributed by atoms with Gasteiger partial charge < -0.3 is 9.64 Å². The molecule has 0 bridgehead atoms. The fraction of sp³-hybridized carbons (Fsp3) is 0.471. The van der Waals surface area contributed by atoms with Gasteiger partial charge in [-0.25, -0.2) is 0 Å². The van der Waals surface area contributed by atoms with Crippen LogP contribution >= 0.6 is 0 Å². The number of aryl methyl sites for hydroxylation is 1. The van der Waals surface area contributed by atoms with Gasteiger partial charge >= 0.3 is 0 Å². The van der Waals surface area contributed by atoms with E-state index in [4.69, 9.17) is 4.74 Å². The van der Waals surface area contributed by atoms with E-state index in [1.165, 1.54) is 0 Å². The van der Waals surface area contributed by atoms with Crippen LogP contribution in [0.15, 0.2) is 30.7 Å². The summed E-state index contributed by atoms with van der Waals surface area (Å²) in [7, 11) is 3.58. The van der Waals surface area contributed by atoms with Crippen molar-refractivity contribution in [3.63, 3.8) is 0 Å². The largest absolute Gasteiger partial charge is 0.384 e. The van der Waals surface area contributed by atoms with E-state index in [0.29, 0.717) is 18.1 Å². The van der Waals surface area contributed by atoms with E-state index in [1.807, 2.05) is 30.3 Å². The molecule has 0 saturated carbocycles. The summed E-state index contributed by atoms with van der Waals surface area (Å²) < 4.78 is 6.96. The number of pyridine rings is 1. The van der Waals surface area contributed by atoms with Gasteiger partial charge in [0.25, 0.3) is 5.91 Å². The average Bonchev–Trinajstić information content (AvgIpc) is 3.01. The van der Waals surface area contributed by atoms with Crippen LogP contribution in [0.1, 0.15) is 23.2 Å². The summed E-state index contributed by atoms with van der Waals surface area (Å²) in [5.74, 6) is 0.483. The van der Waals surface area contributed by atoms with Gasteiger partial charge in [-0.1, -0.05) is 0 Å². The molecule has 122 valence electrons. The maximum absolute atomic E-state index is 12.6. The molecule has 1 fully saturated rings. The van der Waals surface area contributed by atoms with Crippen LogP contribution in [0.4, 0.5) is 0 Å². The summed E-state index contributed by atoms with van der Waals surface area (Å²) in [5.41, 5.74) is 2.41. The second kappa shape index (κ2) is 6.91. The van der Waals surface area contributed by atoms with Crippen LogP contribution in [0.25, 0.3) is 11.3 Å². The first-order valence-electron chi connectivity index (χ1n) is 7.90. The van der Waals surface area contributed by atoms with Crippen LogP contribution in [-0.2, 0) is 11.8 Å². The summed E-state index contributed by atoms with van der Waals surface area (Å²) in [6.45, 7) is 2.28. The topological polar surface area (TPSA) is 60.2 Å². The number of aromatic nitrogens is 3. The lowest BCUT2D eigenvalue weighted by Gasteiger charge is -2.32. The van der Waals surface area contributed by atoms with E-state index in [2.05, 4.69) is 10.1 Å². The quantitative estimate of drug-likeness (QED) is 0.866. The van der Waals surface area contributed by atoms with Gasteiger partial charge in [0.15, 0.2) is 0 Å². The van der Waals surface area contributed by atoms with Gasteiger partial charge in [-0.2, -0.15) is 5.10 Å². The molecule has 0 aromatic carbocycles. The van der Waals surface area contributed by atoms with Gasteiger partial charge in [0.1, 0.15) is 0 Å². The molecule has 1 saturated heterocycles. The highest BCUT2D eigenvalue weighted by atomic mass is 16.5. The maximum atomic E-state index is 12.6. The van der Waals surface area contributed by atoms with Crippen molar-refractivity contribution in [1.82, 2.24) is 19.7 Å². The zero-order chi connectivity index (χ0) is 16.2. The zero-order valence-corrected chi connectivity index (χ0v) is 13.6. The number of methoxy groups -OCH3 is 1. The summed E-state index contributed by atoms with van der Waals surface area (Å²) in [6, 6.07) is 3.72. The molecule has 2 aromatic heterocycles. The molecule has 0 radical (unpaired) electrons. The Labute approximate surface area is 136 Å². The van der Waals surface area contributed by atoms with Crippen molar-refractivity contribution in [2.24, 2.45) is 13.0 Å². The van der Waals surface area contributed by atoms with Gasteiger partial charge in [-0.05, 0) is 30.9 Å². The molecule has 0 unspecified atom stereocenters. The van der Waals surface area contributed by atoms with Crippen molar-refractivity contribution in [2.75, 3.05) is 26.8 Å². The van der Waals surface area contributed by atoms with E-state index in [1.54, 1.807) is 24.2 Å². The van der Waals surface area contributed by atoms with Gasteiger partial charge in [0.05, 0.1) is 24.1 Å². The van der Waals surface area contributed by atoms with Crippen molar-refractivity contribution in [1.29, 1.82) is 0 Å². The third-order valence-corrected chi connectivity index (χ3v) is 4.22. The Morgan fingerprint density at radius 3 is 2.91 bits per heavy atom. The number of hydrogen-bond acceptors (Lipinski definition) is 4. The molecule has 1 atom stereocenters. The molecule has 6 heteroatoms. The zero-order valence-electron chi connectivity index (χ0n) is 13.6. The molecule has 0 N–H and O–H groups in total. The number of piperidine rings is 1. The molecule has 6 nitrogen and oxygen atoms in total. The summed E-state index contributed by atoms with van der Waals surface area (Å²) in [5, 5.41) is 4.14. The minimum absolute atomic E-state index is 0.0519. The molecule has 3 heterocycles. The van der Waals surface area contributed by atoms with Crippen LogP contribution in [0.5, 0.6) is 0 Å². The minimum atomic E-state index is 0.0519. The Balaban J connectivity index is 1.70. The lowest BCUT2D eigenvalue weighted by molar-refractivity contribution is 0.0570. The van der Waals surface area contributed by atoms with Crippen molar-refractivity contribution in [2.45, 2.75) is 12.8 Å². The van der Waals surface area contributed by atoms with Crippen molar-refractivity contribution < 1.29 is 9.53 Å². The first-order valence-corrected chi connectivity index (χ1v) is 7.90. The fourth-order valence-electron chi connectivity index (χ4n) is 3.05. The second-order valence-electron chi connectivity index (χ2n) is 6.05. The molecule has 0 spiro atoms. The number of hydrogen-bond donors (Lipinski definition) is 0. The average molecular weight is 314 g/mol. The summed E-state index contributed by atoms with van der Waals surface area (Å²) in [4.78, 5) is 18.9. The molecule has 0 aliphatic carbocycles. The lowest BCUT2D eigenvalue weighted by atomic mass is 9.98. The van der Waals surface area contributed by atoms with E-state index in [0.717, 1.165) is 37.2 Å². The SMILES string of the molecule is COC[C@H]1CCCN(C(=O)c2ccc(-c3cnn(C)c3)nc2)C1. The van der Waals surface area contributed by atoms with Crippen molar-refractivity contribution >= 4 is 5.91 Å². The number of amides is 1. The van der Waals surface area contributed by atoms with Crippen LogP contribution < -0.4 is 0 Å². The number of ether oxygens (including phenoxy) is 1. The van der Waals surface area contributed by atoms with Gasteiger partial charge in [-0.3, -0.25) is 14.5 Å². The lowest BCUT2D eigenvalue weighted by Crippen LogP contribution is -2.41. The Hall–Kier alpha value is -2.21. The summed E-state index contributed by atoms with van der Waals surface area (Å²) in [6.07, 6.45) is 7.48. The predicted molar refractivity (Wildman–Crippen MR) is 86.9 cm³/mol. The molecule has 1 amide bonds. The Bertz CT molecular complexity index is 663. The maximum Gasteiger partial charge on any atom is 0.255 e. The van der Waals surface area contributed by atoms with Gasteiger partial charge in [0.2, 0.25) is 0 Å². The van der Waals surface area contributed by atoms with Crippen LogP contribution in [0.3, 0.4) is 0 Å². The van der Waals surface area contributed by atoms with E-state index >= 15 is 0 Å². The molecule has 1 aliphatic heterocycles. The molecular weight excluding hydrogens is 292 g/mol. The standard InChI is InChI=1S/C17H22N4O2/c1-20-11-15(9-19-20)16-6-5-14(8-18-16)17(22)21-7-3-4-13(10-21)12-23-2/h5-6,8-9,11,13H,3-4,7,10,12H2,1-2H3/t13-/m0/s1. The number of rotatable bonds is 4. The first-order chi connectivity index (χ1) is 11.2. The van der Waals surface area contributed by atoms with Crippen LogP contribution in [0.2, 0.25) is 0 Å². The molecule has 1 aliphatic rings. The van der Waals surface area contributed by atoms with Crippen LogP contribution in [0, 0.1) is 5.92 Å². The van der Waals surface area contributed by atoms with Crippen molar-refractivity contribution in [3.05, 3.63) is 36.3 Å². The number of likely N-dealkylation sites (tertiary alicyclic amines) is 1. The Morgan fingerprint density at radius 1 is 1.39 bits per heavy atom. The highest BCUT2D eigenvalue weighted by Gasteiger charge is 2.24. The third-order valence-electron chi connectivity index (χ3n) is 4.22.